The number of hydrogen-bond donors (Lipinski definition) is 2. The summed E-state index contributed by atoms with van der Waals surface area (Å²) in [6.45, 7) is 0.634. The van der Waals surface area contributed by atoms with Gasteiger partial charge in [-0.2, -0.15) is 0 Å². The lowest BCUT2D eigenvalue weighted by molar-refractivity contribution is -0.128. The number of carbonyl (C=O) groups is 1. The molecule has 110 valence electrons. The normalized spacial score (nSPS) is 32.9. The van der Waals surface area contributed by atoms with Gasteiger partial charge in [-0.15, -0.1) is 11.3 Å². The molecule has 3 rings (SSSR count). The van der Waals surface area contributed by atoms with Crippen molar-refractivity contribution in [3.63, 3.8) is 0 Å². The Balaban J connectivity index is 1.57. The molecule has 0 radical (unpaired) electrons. The number of carbonyl (C=O) groups excluding carboxylic acids is 1. The number of thiophene rings is 1. The van der Waals surface area contributed by atoms with Crippen molar-refractivity contribution in [3.8, 4) is 0 Å². The molecule has 1 amide bonds. The summed E-state index contributed by atoms with van der Waals surface area (Å²) in [6.07, 6.45) is 5.67. The second-order valence-corrected chi connectivity index (χ2v) is 7.96. The monoisotopic (exact) mass is 356 g/mol. The Hall–Kier alpha value is -0.390. The van der Waals surface area contributed by atoms with E-state index in [1.54, 1.807) is 11.3 Å². The van der Waals surface area contributed by atoms with Crippen LogP contribution >= 0.6 is 27.3 Å². The van der Waals surface area contributed by atoms with Crippen LogP contribution in [0.25, 0.3) is 0 Å². The molecule has 2 aliphatic rings. The van der Waals surface area contributed by atoms with Crippen molar-refractivity contribution >= 4 is 33.2 Å². The highest BCUT2D eigenvalue weighted by Crippen LogP contribution is 2.41. The van der Waals surface area contributed by atoms with Crippen LogP contribution in [0.1, 0.15) is 37.0 Å². The SMILES string of the molecule is NC1C2CCCC1CC(C(=O)NCc1sccc1Br)C2. The van der Waals surface area contributed by atoms with Gasteiger partial charge < -0.3 is 11.1 Å². The summed E-state index contributed by atoms with van der Waals surface area (Å²) in [5.41, 5.74) is 6.28. The Morgan fingerprint density at radius 3 is 2.70 bits per heavy atom. The fraction of sp³-hybridized carbons (Fsp3) is 0.667. The first-order chi connectivity index (χ1) is 9.65. The van der Waals surface area contributed by atoms with E-state index in [4.69, 9.17) is 5.73 Å². The van der Waals surface area contributed by atoms with Gasteiger partial charge in [0.05, 0.1) is 6.54 Å². The van der Waals surface area contributed by atoms with Gasteiger partial charge in [-0.25, -0.2) is 0 Å². The number of hydrogen-bond acceptors (Lipinski definition) is 3. The Kier molecular flexibility index (Phi) is 4.48. The molecule has 20 heavy (non-hydrogen) atoms. The number of nitrogens with one attached hydrogen (secondary N) is 1. The summed E-state index contributed by atoms with van der Waals surface area (Å²) < 4.78 is 1.09. The molecule has 2 fully saturated rings. The molecule has 1 aromatic heterocycles. The molecular weight excluding hydrogens is 336 g/mol. The zero-order valence-electron chi connectivity index (χ0n) is 11.5. The van der Waals surface area contributed by atoms with Crippen molar-refractivity contribution < 1.29 is 4.79 Å². The van der Waals surface area contributed by atoms with Gasteiger partial charge in [0.1, 0.15) is 0 Å². The third-order valence-electron chi connectivity index (χ3n) is 4.90. The number of nitrogens with two attached hydrogens (primary N) is 1. The molecule has 1 heterocycles. The van der Waals surface area contributed by atoms with Gasteiger partial charge in [-0.3, -0.25) is 4.79 Å². The van der Waals surface area contributed by atoms with E-state index in [2.05, 4.69) is 21.2 Å². The molecule has 1 aromatic rings. The minimum Gasteiger partial charge on any atom is -0.351 e. The van der Waals surface area contributed by atoms with Gasteiger partial charge >= 0.3 is 0 Å². The number of rotatable bonds is 3. The maximum absolute atomic E-state index is 12.4. The molecule has 3 N–H and O–H groups in total. The molecule has 5 heteroatoms. The van der Waals surface area contributed by atoms with Crippen molar-refractivity contribution in [1.29, 1.82) is 0 Å². The summed E-state index contributed by atoms with van der Waals surface area (Å²) in [5, 5.41) is 5.14. The lowest BCUT2D eigenvalue weighted by atomic mass is 9.65. The molecule has 2 saturated carbocycles. The molecule has 2 aliphatic carbocycles. The van der Waals surface area contributed by atoms with Crippen LogP contribution in [0.4, 0.5) is 0 Å². The molecule has 2 bridgehead atoms. The first-order valence-electron chi connectivity index (χ1n) is 7.40. The molecule has 0 aromatic carbocycles. The molecule has 2 unspecified atom stereocenters. The average Bonchev–Trinajstić information content (AvgIpc) is 2.81. The predicted molar refractivity (Wildman–Crippen MR) is 85.4 cm³/mol. The fourth-order valence-corrected chi connectivity index (χ4v) is 5.20. The van der Waals surface area contributed by atoms with E-state index >= 15 is 0 Å². The van der Waals surface area contributed by atoms with Gasteiger partial charge in [0, 0.05) is 21.3 Å². The Morgan fingerprint density at radius 2 is 2.10 bits per heavy atom. The van der Waals surface area contributed by atoms with Crippen LogP contribution in [0, 0.1) is 17.8 Å². The van der Waals surface area contributed by atoms with Crippen LogP contribution in [0.15, 0.2) is 15.9 Å². The summed E-state index contributed by atoms with van der Waals surface area (Å²) in [7, 11) is 0. The first-order valence-corrected chi connectivity index (χ1v) is 9.07. The molecule has 3 nitrogen and oxygen atoms in total. The van der Waals surface area contributed by atoms with Gasteiger partial charge in [0.25, 0.3) is 0 Å². The lowest BCUT2D eigenvalue weighted by Gasteiger charge is -2.43. The van der Waals surface area contributed by atoms with Gasteiger partial charge in [0.15, 0.2) is 0 Å². The van der Waals surface area contributed by atoms with E-state index in [-0.39, 0.29) is 11.8 Å². The molecule has 2 atom stereocenters. The van der Waals surface area contributed by atoms with Crippen molar-refractivity contribution in [2.75, 3.05) is 0 Å². The van der Waals surface area contributed by atoms with E-state index < -0.39 is 0 Å². The molecule has 0 spiro atoms. The number of halogens is 1. The van der Waals surface area contributed by atoms with Crippen LogP contribution in [0.2, 0.25) is 0 Å². The zero-order chi connectivity index (χ0) is 14.1. The van der Waals surface area contributed by atoms with Crippen LogP contribution in [-0.4, -0.2) is 11.9 Å². The fourth-order valence-electron chi connectivity index (χ4n) is 3.77. The first kappa shape index (κ1) is 14.5. The van der Waals surface area contributed by atoms with E-state index in [1.807, 2.05) is 11.4 Å². The summed E-state index contributed by atoms with van der Waals surface area (Å²) in [5.74, 6) is 1.51. The van der Waals surface area contributed by atoms with E-state index in [0.717, 1.165) is 17.3 Å². The van der Waals surface area contributed by atoms with Crippen molar-refractivity contribution in [3.05, 3.63) is 20.8 Å². The lowest BCUT2D eigenvalue weighted by Crippen LogP contribution is -2.49. The molecule has 0 aliphatic heterocycles. The quantitative estimate of drug-likeness (QED) is 0.872. The highest BCUT2D eigenvalue weighted by atomic mass is 79.9. The van der Waals surface area contributed by atoms with E-state index in [0.29, 0.717) is 24.4 Å². The Labute approximate surface area is 132 Å². The summed E-state index contributed by atoms with van der Waals surface area (Å²) in [6, 6.07) is 2.36. The Morgan fingerprint density at radius 1 is 1.40 bits per heavy atom. The largest absolute Gasteiger partial charge is 0.351 e. The Bertz CT molecular complexity index is 476. The topological polar surface area (TPSA) is 55.1 Å². The van der Waals surface area contributed by atoms with Gasteiger partial charge in [-0.1, -0.05) is 6.42 Å². The zero-order valence-corrected chi connectivity index (χ0v) is 13.9. The van der Waals surface area contributed by atoms with E-state index in [1.165, 1.54) is 24.1 Å². The molecular formula is C15H21BrN2OS. The van der Waals surface area contributed by atoms with E-state index in [9.17, 15) is 4.79 Å². The predicted octanol–water partition coefficient (Wildman–Crippen LogP) is 3.28. The minimum atomic E-state index is 0.170. The standard InChI is InChI=1S/C15H21BrN2OS/c16-12-4-5-20-13(12)8-18-15(19)11-6-9-2-1-3-10(7-11)14(9)17/h4-5,9-11,14H,1-3,6-8,17H2,(H,18,19). The van der Waals surface area contributed by atoms with Crippen molar-refractivity contribution in [1.82, 2.24) is 5.32 Å². The maximum Gasteiger partial charge on any atom is 0.223 e. The second-order valence-electron chi connectivity index (χ2n) is 6.11. The third kappa shape index (κ3) is 2.95. The van der Waals surface area contributed by atoms with Crippen molar-refractivity contribution in [2.45, 2.75) is 44.7 Å². The average molecular weight is 357 g/mol. The summed E-state index contributed by atoms with van der Waals surface area (Å²) in [4.78, 5) is 13.6. The van der Waals surface area contributed by atoms with Gasteiger partial charge in [-0.05, 0) is 64.9 Å². The third-order valence-corrected chi connectivity index (χ3v) is 6.82. The van der Waals surface area contributed by atoms with Gasteiger partial charge in [0.2, 0.25) is 5.91 Å². The number of amides is 1. The maximum atomic E-state index is 12.4. The van der Waals surface area contributed by atoms with Crippen LogP contribution in [0.5, 0.6) is 0 Å². The molecule has 0 saturated heterocycles. The highest BCUT2D eigenvalue weighted by molar-refractivity contribution is 9.10. The minimum absolute atomic E-state index is 0.170. The second kappa shape index (κ2) is 6.16. The highest BCUT2D eigenvalue weighted by Gasteiger charge is 2.40. The van der Waals surface area contributed by atoms with Crippen LogP contribution in [0.3, 0.4) is 0 Å². The smallest absolute Gasteiger partial charge is 0.223 e. The van der Waals surface area contributed by atoms with Crippen LogP contribution in [-0.2, 0) is 11.3 Å². The number of fused-ring (bicyclic) bond motifs is 2. The van der Waals surface area contributed by atoms with Crippen molar-refractivity contribution in [2.24, 2.45) is 23.5 Å². The van der Waals surface area contributed by atoms with Crippen LogP contribution < -0.4 is 11.1 Å². The summed E-state index contributed by atoms with van der Waals surface area (Å²) >= 11 is 5.18.